The molecule has 68 valence electrons. The molecule has 0 amide bonds. The van der Waals surface area contributed by atoms with Gasteiger partial charge in [0, 0.05) is 7.11 Å². The average molecular weight is 174 g/mol. The first kappa shape index (κ1) is 9.75. The predicted octanol–water partition coefficient (Wildman–Crippen LogP) is 2.90. The molecule has 1 rings (SSSR count). The van der Waals surface area contributed by atoms with E-state index in [9.17, 15) is 0 Å². The lowest BCUT2D eigenvalue weighted by Gasteiger charge is -1.88. The Balaban J connectivity index is 2.41. The maximum absolute atomic E-state index is 4.87. The van der Waals surface area contributed by atoms with Crippen LogP contribution in [0.2, 0.25) is 0 Å². The number of rotatable bonds is 4. The molecule has 0 bridgehead atoms. The highest BCUT2D eigenvalue weighted by molar-refractivity contribution is 5.50. The van der Waals surface area contributed by atoms with E-state index in [1.165, 1.54) is 5.56 Å². The summed E-state index contributed by atoms with van der Waals surface area (Å²) in [6.07, 6.45) is 8.02. The molecule has 1 aromatic carbocycles. The van der Waals surface area contributed by atoms with Gasteiger partial charge in [0.1, 0.15) is 0 Å². The Hall–Kier alpha value is -1.34. The van der Waals surface area contributed by atoms with E-state index in [1.54, 1.807) is 7.11 Å². The van der Waals surface area contributed by atoms with Gasteiger partial charge in [-0.25, -0.2) is 0 Å². The SMILES string of the molecule is COC/C=C\C=C\c1ccccc1. The Kier molecular flexibility index (Phi) is 4.65. The smallest absolute Gasteiger partial charge is 0.0646 e. The van der Waals surface area contributed by atoms with E-state index in [1.807, 2.05) is 36.4 Å². The minimum Gasteiger partial charge on any atom is -0.381 e. The van der Waals surface area contributed by atoms with Crippen LogP contribution >= 0.6 is 0 Å². The van der Waals surface area contributed by atoms with Gasteiger partial charge in [0.2, 0.25) is 0 Å². The second kappa shape index (κ2) is 6.21. The standard InChI is InChI=1S/C12H14O/c1-13-11-7-3-6-10-12-8-4-2-5-9-12/h2-10H,11H2,1H3/b7-3-,10-6+. The molecule has 0 saturated heterocycles. The number of hydrogen-bond donors (Lipinski definition) is 0. The van der Waals surface area contributed by atoms with Gasteiger partial charge in [-0.15, -0.1) is 0 Å². The summed E-state index contributed by atoms with van der Waals surface area (Å²) in [6.45, 7) is 0.666. The number of methoxy groups -OCH3 is 1. The molecule has 0 aromatic heterocycles. The minimum absolute atomic E-state index is 0.666. The van der Waals surface area contributed by atoms with Gasteiger partial charge in [0.15, 0.2) is 0 Å². The molecular formula is C12H14O. The fourth-order valence-electron chi connectivity index (χ4n) is 0.961. The van der Waals surface area contributed by atoms with Crippen LogP contribution in [0.5, 0.6) is 0 Å². The van der Waals surface area contributed by atoms with E-state index >= 15 is 0 Å². The molecule has 0 radical (unpaired) electrons. The molecule has 0 spiro atoms. The van der Waals surface area contributed by atoms with Gasteiger partial charge in [-0.2, -0.15) is 0 Å². The Morgan fingerprint density at radius 3 is 2.62 bits per heavy atom. The van der Waals surface area contributed by atoms with Gasteiger partial charge in [-0.3, -0.25) is 0 Å². The lowest BCUT2D eigenvalue weighted by Crippen LogP contribution is -1.78. The average Bonchev–Trinajstić information content (AvgIpc) is 2.19. The third kappa shape index (κ3) is 4.28. The zero-order valence-corrected chi connectivity index (χ0v) is 7.81. The maximum atomic E-state index is 4.87. The maximum Gasteiger partial charge on any atom is 0.0646 e. The number of hydrogen-bond acceptors (Lipinski definition) is 1. The van der Waals surface area contributed by atoms with Crippen molar-refractivity contribution in [1.82, 2.24) is 0 Å². The number of benzene rings is 1. The molecule has 0 aliphatic heterocycles. The minimum atomic E-state index is 0.666. The lowest BCUT2D eigenvalue weighted by atomic mass is 10.2. The summed E-state index contributed by atoms with van der Waals surface area (Å²) in [5, 5.41) is 0. The Morgan fingerprint density at radius 2 is 1.92 bits per heavy atom. The molecule has 1 aromatic rings. The van der Waals surface area contributed by atoms with Crippen molar-refractivity contribution in [3.05, 3.63) is 54.1 Å². The molecule has 0 aliphatic carbocycles. The van der Waals surface area contributed by atoms with Gasteiger partial charge < -0.3 is 4.74 Å². The van der Waals surface area contributed by atoms with Crippen LogP contribution in [0.1, 0.15) is 5.56 Å². The first-order chi connectivity index (χ1) is 6.43. The molecular weight excluding hydrogens is 160 g/mol. The topological polar surface area (TPSA) is 9.23 Å². The van der Waals surface area contributed by atoms with Gasteiger partial charge >= 0.3 is 0 Å². The van der Waals surface area contributed by atoms with E-state index in [0.717, 1.165) is 0 Å². The summed E-state index contributed by atoms with van der Waals surface area (Å²) >= 11 is 0. The summed E-state index contributed by atoms with van der Waals surface area (Å²) in [7, 11) is 1.69. The second-order valence-electron chi connectivity index (χ2n) is 2.65. The van der Waals surface area contributed by atoms with Gasteiger partial charge in [-0.05, 0) is 5.56 Å². The van der Waals surface area contributed by atoms with Crippen molar-refractivity contribution < 1.29 is 4.74 Å². The molecule has 0 atom stereocenters. The molecule has 0 aliphatic rings. The number of ether oxygens (including phenoxy) is 1. The zero-order chi connectivity index (χ0) is 9.36. The van der Waals surface area contributed by atoms with Gasteiger partial charge in [0.25, 0.3) is 0 Å². The Morgan fingerprint density at radius 1 is 1.15 bits per heavy atom. The van der Waals surface area contributed by atoms with E-state index < -0.39 is 0 Å². The van der Waals surface area contributed by atoms with Crippen LogP contribution in [0, 0.1) is 0 Å². The van der Waals surface area contributed by atoms with Crippen molar-refractivity contribution in [1.29, 1.82) is 0 Å². The molecule has 0 fully saturated rings. The van der Waals surface area contributed by atoms with Crippen molar-refractivity contribution in [2.45, 2.75) is 0 Å². The van der Waals surface area contributed by atoms with Crippen molar-refractivity contribution in [3.63, 3.8) is 0 Å². The molecule has 0 N–H and O–H groups in total. The molecule has 1 nitrogen and oxygen atoms in total. The number of allylic oxidation sites excluding steroid dienone is 2. The van der Waals surface area contributed by atoms with Crippen LogP contribution in [0.25, 0.3) is 6.08 Å². The Bertz CT molecular complexity index is 272. The first-order valence-corrected chi connectivity index (χ1v) is 4.30. The molecule has 13 heavy (non-hydrogen) atoms. The summed E-state index contributed by atoms with van der Waals surface area (Å²) in [5.41, 5.74) is 1.21. The third-order valence-electron chi connectivity index (χ3n) is 1.60. The van der Waals surface area contributed by atoms with Gasteiger partial charge in [-0.1, -0.05) is 54.6 Å². The monoisotopic (exact) mass is 174 g/mol. The molecule has 0 heterocycles. The van der Waals surface area contributed by atoms with E-state index in [4.69, 9.17) is 4.74 Å². The second-order valence-corrected chi connectivity index (χ2v) is 2.65. The first-order valence-electron chi connectivity index (χ1n) is 4.30. The zero-order valence-electron chi connectivity index (χ0n) is 7.81. The molecule has 0 saturated carbocycles. The van der Waals surface area contributed by atoms with Crippen LogP contribution in [-0.2, 0) is 4.74 Å². The summed E-state index contributed by atoms with van der Waals surface area (Å²) in [4.78, 5) is 0. The summed E-state index contributed by atoms with van der Waals surface area (Å²) < 4.78 is 4.87. The van der Waals surface area contributed by atoms with Gasteiger partial charge in [0.05, 0.1) is 6.61 Å². The Labute approximate surface area is 79.4 Å². The van der Waals surface area contributed by atoms with E-state index in [-0.39, 0.29) is 0 Å². The largest absolute Gasteiger partial charge is 0.381 e. The van der Waals surface area contributed by atoms with Crippen LogP contribution in [0.15, 0.2) is 48.6 Å². The van der Waals surface area contributed by atoms with Crippen molar-refractivity contribution in [2.24, 2.45) is 0 Å². The lowest BCUT2D eigenvalue weighted by molar-refractivity contribution is 0.234. The fraction of sp³-hybridized carbons (Fsp3) is 0.167. The highest BCUT2D eigenvalue weighted by Gasteiger charge is 1.79. The third-order valence-corrected chi connectivity index (χ3v) is 1.60. The fourth-order valence-corrected chi connectivity index (χ4v) is 0.961. The normalized spacial score (nSPS) is 11.5. The quantitative estimate of drug-likeness (QED) is 0.638. The van der Waals surface area contributed by atoms with E-state index in [2.05, 4.69) is 18.2 Å². The van der Waals surface area contributed by atoms with Crippen LogP contribution < -0.4 is 0 Å². The summed E-state index contributed by atoms with van der Waals surface area (Å²) in [6, 6.07) is 10.2. The highest BCUT2D eigenvalue weighted by atomic mass is 16.5. The van der Waals surface area contributed by atoms with Crippen LogP contribution in [0.3, 0.4) is 0 Å². The van der Waals surface area contributed by atoms with Crippen molar-refractivity contribution >= 4 is 6.08 Å². The summed E-state index contributed by atoms with van der Waals surface area (Å²) in [5.74, 6) is 0. The van der Waals surface area contributed by atoms with E-state index in [0.29, 0.717) is 6.61 Å². The highest BCUT2D eigenvalue weighted by Crippen LogP contribution is 2.00. The molecule has 0 unspecified atom stereocenters. The van der Waals surface area contributed by atoms with Crippen molar-refractivity contribution in [3.8, 4) is 0 Å². The van der Waals surface area contributed by atoms with Crippen LogP contribution in [-0.4, -0.2) is 13.7 Å². The van der Waals surface area contributed by atoms with Crippen LogP contribution in [0.4, 0.5) is 0 Å². The predicted molar refractivity (Wildman–Crippen MR) is 56.5 cm³/mol. The molecule has 1 heteroatoms. The van der Waals surface area contributed by atoms with Crippen molar-refractivity contribution in [2.75, 3.05) is 13.7 Å².